The summed E-state index contributed by atoms with van der Waals surface area (Å²) in [5, 5.41) is 5.26. The minimum Gasteiger partial charge on any atom is -0.459 e. The molecule has 0 fully saturated rings. The van der Waals surface area contributed by atoms with Gasteiger partial charge in [0, 0.05) is 0 Å². The number of anilines is 2. The highest BCUT2D eigenvalue weighted by Gasteiger charge is 2.34. The van der Waals surface area contributed by atoms with E-state index in [1.165, 1.54) is 24.2 Å². The first-order chi connectivity index (χ1) is 14.3. The van der Waals surface area contributed by atoms with Crippen molar-refractivity contribution in [2.75, 3.05) is 16.8 Å². The summed E-state index contributed by atoms with van der Waals surface area (Å²) in [5.41, 5.74) is 1.03. The van der Waals surface area contributed by atoms with Crippen LogP contribution in [0.15, 0.2) is 47.1 Å². The average Bonchev–Trinajstić information content (AvgIpc) is 3.25. The Morgan fingerprint density at radius 2 is 1.87 bits per heavy atom. The zero-order valence-corrected chi connectivity index (χ0v) is 16.9. The Morgan fingerprint density at radius 1 is 1.13 bits per heavy atom. The number of carbonyl (C=O) groups is 4. The van der Waals surface area contributed by atoms with Crippen LogP contribution in [-0.2, 0) is 19.1 Å². The van der Waals surface area contributed by atoms with E-state index in [9.17, 15) is 19.2 Å². The van der Waals surface area contributed by atoms with Gasteiger partial charge in [-0.25, -0.2) is 4.79 Å². The van der Waals surface area contributed by atoms with E-state index < -0.39 is 29.9 Å². The Hall–Kier alpha value is -3.62. The summed E-state index contributed by atoms with van der Waals surface area (Å²) in [6.45, 7) is 4.74. The number of rotatable bonds is 6. The number of carbonyl (C=O) groups excluding carboxylic acids is 4. The van der Waals surface area contributed by atoms with Gasteiger partial charge in [-0.2, -0.15) is 0 Å². The van der Waals surface area contributed by atoms with Gasteiger partial charge in [0.1, 0.15) is 12.6 Å². The summed E-state index contributed by atoms with van der Waals surface area (Å²) in [6.07, 6.45) is 0.198. The molecule has 2 N–H and O–H groups in total. The Labute approximate surface area is 173 Å². The van der Waals surface area contributed by atoms with Gasteiger partial charge in [0.2, 0.25) is 5.91 Å². The fourth-order valence-electron chi connectivity index (χ4n) is 3.07. The average molecular weight is 413 g/mol. The van der Waals surface area contributed by atoms with Gasteiger partial charge in [0.25, 0.3) is 11.8 Å². The molecule has 9 heteroatoms. The molecule has 0 spiro atoms. The topological polar surface area (TPSA) is 118 Å². The molecule has 2 aromatic rings. The number of benzene rings is 1. The summed E-state index contributed by atoms with van der Waals surface area (Å²) in [5.74, 6) is -2.41. The molecular weight excluding hydrogens is 390 g/mol. The highest BCUT2D eigenvalue weighted by atomic mass is 16.5. The Kier molecular flexibility index (Phi) is 6.20. The zero-order valence-electron chi connectivity index (χ0n) is 16.9. The van der Waals surface area contributed by atoms with Gasteiger partial charge in [0.05, 0.1) is 17.6 Å². The summed E-state index contributed by atoms with van der Waals surface area (Å²) in [7, 11) is 0. The first-order valence-electron chi connectivity index (χ1n) is 9.53. The van der Waals surface area contributed by atoms with E-state index in [1.807, 2.05) is 0 Å². The van der Waals surface area contributed by atoms with Gasteiger partial charge in [-0.3, -0.25) is 19.3 Å². The summed E-state index contributed by atoms with van der Waals surface area (Å²) < 4.78 is 10.4. The molecule has 9 nitrogen and oxygen atoms in total. The fraction of sp³-hybridized carbons (Fsp3) is 0.333. The van der Waals surface area contributed by atoms with E-state index >= 15 is 0 Å². The van der Waals surface area contributed by atoms with Crippen LogP contribution in [0.3, 0.4) is 0 Å². The van der Waals surface area contributed by atoms with Crippen LogP contribution in [0.1, 0.15) is 31.3 Å². The van der Waals surface area contributed by atoms with Crippen molar-refractivity contribution in [3.05, 3.63) is 48.4 Å². The lowest BCUT2D eigenvalue weighted by atomic mass is 10.0. The van der Waals surface area contributed by atoms with E-state index in [1.54, 1.807) is 44.2 Å². The number of nitrogens with one attached hydrogen (secondary N) is 2. The molecule has 3 amide bonds. The van der Waals surface area contributed by atoms with Crippen molar-refractivity contribution < 1.29 is 28.3 Å². The van der Waals surface area contributed by atoms with Crippen LogP contribution in [0.5, 0.6) is 0 Å². The number of hydrogen-bond donors (Lipinski definition) is 2. The molecule has 1 unspecified atom stereocenters. The highest BCUT2D eigenvalue weighted by molar-refractivity contribution is 6.11. The van der Waals surface area contributed by atoms with Crippen LogP contribution in [0.4, 0.5) is 11.4 Å². The normalized spacial score (nSPS) is 15.1. The largest absolute Gasteiger partial charge is 0.459 e. The monoisotopic (exact) mass is 413 g/mol. The first-order valence-corrected chi connectivity index (χ1v) is 9.53. The number of ether oxygens (including phenoxy) is 1. The van der Waals surface area contributed by atoms with Crippen molar-refractivity contribution in [3.63, 3.8) is 0 Å². The fourth-order valence-corrected chi connectivity index (χ4v) is 3.07. The smallest absolute Gasteiger partial charge is 0.329 e. The molecule has 2 atom stereocenters. The number of esters is 1. The lowest BCUT2D eigenvalue weighted by Gasteiger charge is -2.31. The van der Waals surface area contributed by atoms with Crippen molar-refractivity contribution in [1.82, 2.24) is 5.32 Å². The molecule has 0 aliphatic carbocycles. The molecule has 0 bridgehead atoms. The van der Waals surface area contributed by atoms with Crippen LogP contribution < -0.4 is 15.5 Å². The SMILES string of the molecule is CC(OC(=O)[C@@H](NC(=O)c1ccco1)C(C)C)C(=O)N1CC(=O)Nc2ccccc21. The second-order valence-electron chi connectivity index (χ2n) is 7.24. The lowest BCUT2D eigenvalue weighted by molar-refractivity contribution is -0.156. The van der Waals surface area contributed by atoms with Crippen molar-refractivity contribution >= 4 is 35.1 Å². The van der Waals surface area contributed by atoms with Crippen LogP contribution >= 0.6 is 0 Å². The van der Waals surface area contributed by atoms with Gasteiger partial charge in [0.15, 0.2) is 11.9 Å². The molecule has 2 heterocycles. The quantitative estimate of drug-likeness (QED) is 0.699. The summed E-state index contributed by atoms with van der Waals surface area (Å²) in [6, 6.07) is 8.92. The Bertz CT molecular complexity index is 953. The summed E-state index contributed by atoms with van der Waals surface area (Å²) >= 11 is 0. The Morgan fingerprint density at radius 3 is 2.53 bits per heavy atom. The maximum Gasteiger partial charge on any atom is 0.329 e. The molecular formula is C21H23N3O6. The Balaban J connectivity index is 1.70. The van der Waals surface area contributed by atoms with Crippen molar-refractivity contribution in [3.8, 4) is 0 Å². The van der Waals surface area contributed by atoms with Crippen LogP contribution in [-0.4, -0.2) is 42.4 Å². The van der Waals surface area contributed by atoms with Crippen molar-refractivity contribution in [2.24, 2.45) is 5.92 Å². The number of nitrogens with zero attached hydrogens (tertiary/aromatic N) is 1. The number of amides is 3. The number of fused-ring (bicyclic) bond motifs is 1. The van der Waals surface area contributed by atoms with Gasteiger partial charge in [-0.15, -0.1) is 0 Å². The third-order valence-corrected chi connectivity index (χ3v) is 4.63. The van der Waals surface area contributed by atoms with Gasteiger partial charge < -0.3 is 19.8 Å². The maximum atomic E-state index is 12.9. The molecule has 0 radical (unpaired) electrons. The molecule has 1 aromatic heterocycles. The molecule has 30 heavy (non-hydrogen) atoms. The second-order valence-corrected chi connectivity index (χ2v) is 7.24. The number of hydrogen-bond acceptors (Lipinski definition) is 6. The molecule has 1 aliphatic heterocycles. The standard InChI is InChI=1S/C21H23N3O6/c1-12(2)18(23-19(26)16-9-6-10-29-16)21(28)30-13(3)20(27)24-11-17(25)22-14-7-4-5-8-15(14)24/h4-10,12-13,18H,11H2,1-3H3,(H,22,25)(H,23,26)/t13?,18-/m0/s1. The van der Waals surface area contributed by atoms with Gasteiger partial charge in [-0.05, 0) is 37.1 Å². The molecule has 0 saturated carbocycles. The van der Waals surface area contributed by atoms with Crippen LogP contribution in [0.25, 0.3) is 0 Å². The van der Waals surface area contributed by atoms with E-state index in [4.69, 9.17) is 9.15 Å². The van der Waals surface area contributed by atoms with Crippen LogP contribution in [0, 0.1) is 5.92 Å². The van der Waals surface area contributed by atoms with Gasteiger partial charge in [-0.1, -0.05) is 26.0 Å². The van der Waals surface area contributed by atoms with Crippen LogP contribution in [0.2, 0.25) is 0 Å². The summed E-state index contributed by atoms with van der Waals surface area (Å²) in [4.78, 5) is 51.0. The maximum absolute atomic E-state index is 12.9. The van der Waals surface area contributed by atoms with Crippen molar-refractivity contribution in [2.45, 2.75) is 32.9 Å². The van der Waals surface area contributed by atoms with E-state index in [0.717, 1.165) is 0 Å². The molecule has 0 saturated heterocycles. The first kappa shape index (κ1) is 21.1. The zero-order chi connectivity index (χ0) is 21.8. The van der Waals surface area contributed by atoms with Crippen molar-refractivity contribution in [1.29, 1.82) is 0 Å². The van der Waals surface area contributed by atoms with E-state index in [0.29, 0.717) is 11.4 Å². The number of furan rings is 1. The van der Waals surface area contributed by atoms with Gasteiger partial charge >= 0.3 is 5.97 Å². The van der Waals surface area contributed by atoms with E-state index in [2.05, 4.69) is 10.6 Å². The third kappa shape index (κ3) is 4.51. The minimum absolute atomic E-state index is 0.0634. The lowest BCUT2D eigenvalue weighted by Crippen LogP contribution is -2.50. The predicted octanol–water partition coefficient (Wildman–Crippen LogP) is 1.95. The molecule has 158 valence electrons. The molecule has 1 aliphatic rings. The molecule has 3 rings (SSSR count). The number of para-hydroxylation sites is 2. The highest BCUT2D eigenvalue weighted by Crippen LogP contribution is 2.29. The second kappa shape index (κ2) is 8.81. The predicted molar refractivity (Wildman–Crippen MR) is 108 cm³/mol. The third-order valence-electron chi connectivity index (χ3n) is 4.63. The van der Waals surface area contributed by atoms with E-state index in [-0.39, 0.29) is 24.1 Å². The minimum atomic E-state index is -1.15. The molecule has 1 aromatic carbocycles.